The molecule has 112 valence electrons. The first-order chi connectivity index (χ1) is 9.45. The minimum atomic E-state index is -1.29. The Hall–Kier alpha value is -1.39. The summed E-state index contributed by atoms with van der Waals surface area (Å²) in [7, 11) is 1.33. The first kappa shape index (κ1) is 16.7. The Labute approximate surface area is 120 Å². The Morgan fingerprint density at radius 1 is 1.30 bits per heavy atom. The molecule has 0 saturated carbocycles. The molecule has 0 bridgehead atoms. The lowest BCUT2D eigenvalue weighted by atomic mass is 10.0. The minimum Gasteiger partial charge on any atom is -0.467 e. The van der Waals surface area contributed by atoms with Gasteiger partial charge in [-0.05, 0) is 30.9 Å². The van der Waals surface area contributed by atoms with Crippen LogP contribution < -0.4 is 0 Å². The minimum absolute atomic E-state index is 0.391. The van der Waals surface area contributed by atoms with Crippen molar-refractivity contribution in [3.63, 3.8) is 0 Å². The van der Waals surface area contributed by atoms with Crippen molar-refractivity contribution in [1.82, 2.24) is 0 Å². The van der Waals surface area contributed by atoms with Crippen molar-refractivity contribution in [3.05, 3.63) is 35.4 Å². The van der Waals surface area contributed by atoms with Crippen LogP contribution in [0.25, 0.3) is 0 Å². The van der Waals surface area contributed by atoms with Gasteiger partial charge < -0.3 is 14.6 Å². The highest BCUT2D eigenvalue weighted by Gasteiger charge is 2.32. The Bertz CT molecular complexity index is 438. The molecule has 4 nitrogen and oxygen atoms in total. The second kappa shape index (κ2) is 7.41. The van der Waals surface area contributed by atoms with Gasteiger partial charge in [-0.25, -0.2) is 4.79 Å². The van der Waals surface area contributed by atoms with E-state index >= 15 is 0 Å². The van der Waals surface area contributed by atoms with Crippen LogP contribution in [0.5, 0.6) is 0 Å². The molecule has 0 aliphatic rings. The number of methoxy groups -OCH3 is 1. The van der Waals surface area contributed by atoms with Gasteiger partial charge in [0, 0.05) is 6.42 Å². The maximum atomic E-state index is 11.9. The average Bonchev–Trinajstić information content (AvgIpc) is 2.47. The summed E-state index contributed by atoms with van der Waals surface area (Å²) in [4.78, 5) is 11.9. The Morgan fingerprint density at radius 2 is 1.90 bits per heavy atom. The monoisotopic (exact) mass is 280 g/mol. The van der Waals surface area contributed by atoms with Gasteiger partial charge in [0.25, 0.3) is 0 Å². The van der Waals surface area contributed by atoms with Crippen LogP contribution in [-0.2, 0) is 20.7 Å². The van der Waals surface area contributed by atoms with Gasteiger partial charge in [-0.1, -0.05) is 38.1 Å². The van der Waals surface area contributed by atoms with Crippen molar-refractivity contribution in [3.8, 4) is 0 Å². The van der Waals surface area contributed by atoms with Crippen molar-refractivity contribution in [1.29, 1.82) is 0 Å². The van der Waals surface area contributed by atoms with Crippen LogP contribution in [0, 0.1) is 6.92 Å². The lowest BCUT2D eigenvalue weighted by Crippen LogP contribution is -2.40. The maximum absolute atomic E-state index is 11.9. The van der Waals surface area contributed by atoms with Gasteiger partial charge in [0.2, 0.25) is 0 Å². The van der Waals surface area contributed by atoms with E-state index in [1.54, 1.807) is 0 Å². The lowest BCUT2D eigenvalue weighted by molar-refractivity contribution is -0.237. The SMILES string of the molecule is CCC(O)(CC)O[C@H](Cc1ccccc1C)C(=O)OC. The number of aliphatic hydroxyl groups is 1. The van der Waals surface area contributed by atoms with Gasteiger partial charge in [-0.3, -0.25) is 0 Å². The van der Waals surface area contributed by atoms with E-state index in [1.165, 1.54) is 7.11 Å². The molecule has 0 fully saturated rings. The van der Waals surface area contributed by atoms with Crippen molar-refractivity contribution < 1.29 is 19.4 Å². The van der Waals surface area contributed by atoms with E-state index < -0.39 is 17.9 Å². The van der Waals surface area contributed by atoms with Crippen LogP contribution in [0.15, 0.2) is 24.3 Å². The predicted molar refractivity (Wildman–Crippen MR) is 77.3 cm³/mol. The molecule has 0 unspecified atom stereocenters. The molecule has 20 heavy (non-hydrogen) atoms. The molecular formula is C16H24O4. The first-order valence-corrected chi connectivity index (χ1v) is 6.98. The number of rotatable bonds is 7. The van der Waals surface area contributed by atoms with Gasteiger partial charge in [-0.15, -0.1) is 0 Å². The molecule has 0 spiro atoms. The van der Waals surface area contributed by atoms with Gasteiger partial charge in [0.05, 0.1) is 7.11 Å². The van der Waals surface area contributed by atoms with Gasteiger partial charge >= 0.3 is 5.97 Å². The standard InChI is InChI=1S/C16H24O4/c1-5-16(18,6-2)20-14(15(17)19-4)11-13-10-8-7-9-12(13)3/h7-10,14,18H,5-6,11H2,1-4H3/t14-/m1/s1. The van der Waals surface area contributed by atoms with Crippen molar-refractivity contribution in [2.75, 3.05) is 7.11 Å². The van der Waals surface area contributed by atoms with Crippen LogP contribution in [0.3, 0.4) is 0 Å². The smallest absolute Gasteiger partial charge is 0.335 e. The van der Waals surface area contributed by atoms with E-state index in [-0.39, 0.29) is 0 Å². The summed E-state index contributed by atoms with van der Waals surface area (Å²) in [5.74, 6) is -1.75. The molecule has 0 radical (unpaired) electrons. The Kier molecular flexibility index (Phi) is 6.17. The fourth-order valence-corrected chi connectivity index (χ4v) is 2.02. The van der Waals surface area contributed by atoms with Gasteiger partial charge in [0.1, 0.15) is 0 Å². The van der Waals surface area contributed by atoms with E-state index in [0.717, 1.165) is 11.1 Å². The molecule has 1 rings (SSSR count). The van der Waals surface area contributed by atoms with Crippen LogP contribution in [0.2, 0.25) is 0 Å². The second-order valence-electron chi connectivity index (χ2n) is 4.91. The number of aryl methyl sites for hydroxylation is 1. The first-order valence-electron chi connectivity index (χ1n) is 6.98. The number of hydrogen-bond acceptors (Lipinski definition) is 4. The number of hydrogen-bond donors (Lipinski definition) is 1. The average molecular weight is 280 g/mol. The largest absolute Gasteiger partial charge is 0.467 e. The van der Waals surface area contributed by atoms with Crippen molar-refractivity contribution >= 4 is 5.97 Å². The summed E-state index contributed by atoms with van der Waals surface area (Å²) in [5, 5.41) is 10.3. The fourth-order valence-electron chi connectivity index (χ4n) is 2.02. The molecule has 1 atom stereocenters. The summed E-state index contributed by atoms with van der Waals surface area (Å²) in [6.07, 6.45) is 0.433. The number of benzene rings is 1. The van der Waals surface area contributed by atoms with Crippen LogP contribution in [-0.4, -0.2) is 30.1 Å². The normalized spacial score (nSPS) is 13.1. The summed E-state index contributed by atoms with van der Waals surface area (Å²) >= 11 is 0. The number of carbonyl (C=O) groups is 1. The van der Waals surface area contributed by atoms with E-state index in [4.69, 9.17) is 9.47 Å². The third-order valence-corrected chi connectivity index (χ3v) is 3.60. The molecule has 0 aromatic heterocycles. The molecule has 4 heteroatoms. The molecule has 1 aromatic rings. The maximum Gasteiger partial charge on any atom is 0.335 e. The van der Waals surface area contributed by atoms with E-state index in [1.807, 2.05) is 45.0 Å². The molecule has 0 heterocycles. The summed E-state index contributed by atoms with van der Waals surface area (Å²) in [6.45, 7) is 5.63. The second-order valence-corrected chi connectivity index (χ2v) is 4.91. The van der Waals surface area contributed by atoms with Crippen LogP contribution in [0.1, 0.15) is 37.8 Å². The highest BCUT2D eigenvalue weighted by atomic mass is 16.6. The predicted octanol–water partition coefficient (Wildman–Crippen LogP) is 2.60. The Balaban J connectivity index is 2.91. The van der Waals surface area contributed by atoms with Crippen LogP contribution >= 0.6 is 0 Å². The molecule has 0 aliphatic carbocycles. The lowest BCUT2D eigenvalue weighted by Gasteiger charge is -2.30. The zero-order chi connectivity index (χ0) is 15.2. The van der Waals surface area contributed by atoms with E-state index in [2.05, 4.69) is 0 Å². The van der Waals surface area contributed by atoms with Crippen molar-refractivity contribution in [2.24, 2.45) is 0 Å². The molecule has 0 aliphatic heterocycles. The Morgan fingerprint density at radius 3 is 2.40 bits per heavy atom. The van der Waals surface area contributed by atoms with Crippen LogP contribution in [0.4, 0.5) is 0 Å². The third-order valence-electron chi connectivity index (χ3n) is 3.60. The molecule has 1 aromatic carbocycles. The van der Waals surface area contributed by atoms with E-state index in [9.17, 15) is 9.90 Å². The third kappa shape index (κ3) is 4.32. The molecule has 1 N–H and O–H groups in total. The fraction of sp³-hybridized carbons (Fsp3) is 0.562. The summed E-state index contributed by atoms with van der Waals surface area (Å²) in [5.41, 5.74) is 2.10. The highest BCUT2D eigenvalue weighted by molar-refractivity contribution is 5.75. The number of ether oxygens (including phenoxy) is 2. The zero-order valence-electron chi connectivity index (χ0n) is 12.7. The summed E-state index contributed by atoms with van der Waals surface area (Å²) < 4.78 is 10.4. The number of esters is 1. The topological polar surface area (TPSA) is 55.8 Å². The molecule has 0 amide bonds. The van der Waals surface area contributed by atoms with E-state index in [0.29, 0.717) is 19.3 Å². The quantitative estimate of drug-likeness (QED) is 0.616. The summed E-state index contributed by atoms with van der Waals surface area (Å²) in [6, 6.07) is 7.80. The molecular weight excluding hydrogens is 256 g/mol. The highest BCUT2D eigenvalue weighted by Crippen LogP contribution is 2.22. The van der Waals surface area contributed by atoms with Gasteiger partial charge in [-0.2, -0.15) is 0 Å². The molecule has 0 saturated heterocycles. The van der Waals surface area contributed by atoms with Gasteiger partial charge in [0.15, 0.2) is 11.9 Å². The van der Waals surface area contributed by atoms with Crippen molar-refractivity contribution in [2.45, 2.75) is 51.9 Å². The number of carbonyl (C=O) groups excluding carboxylic acids is 1. The zero-order valence-corrected chi connectivity index (χ0v) is 12.7.